The van der Waals surface area contributed by atoms with Crippen LogP contribution in [0.4, 0.5) is 0 Å². The fraction of sp³-hybridized carbons (Fsp3) is 0.286. The molecule has 0 atom stereocenters. The normalized spacial score (nSPS) is 14.3. The van der Waals surface area contributed by atoms with Crippen LogP contribution in [0.25, 0.3) is 0 Å². The lowest BCUT2D eigenvalue weighted by Gasteiger charge is -2.26. The summed E-state index contributed by atoms with van der Waals surface area (Å²) in [7, 11) is 0. The van der Waals surface area contributed by atoms with E-state index in [0.29, 0.717) is 31.0 Å². The maximum atomic E-state index is 12.4. The van der Waals surface area contributed by atoms with E-state index in [2.05, 4.69) is 5.16 Å². The number of benzene rings is 1. The second-order valence-corrected chi connectivity index (χ2v) is 4.58. The summed E-state index contributed by atoms with van der Waals surface area (Å²) in [6.45, 7) is 1.51. The third-order valence-corrected chi connectivity index (χ3v) is 3.41. The fourth-order valence-electron chi connectivity index (χ4n) is 2.37. The Hall–Kier alpha value is -2.14. The van der Waals surface area contributed by atoms with E-state index >= 15 is 0 Å². The van der Waals surface area contributed by atoms with Crippen molar-refractivity contribution in [3.63, 3.8) is 0 Å². The molecule has 1 aliphatic rings. The highest BCUT2D eigenvalue weighted by molar-refractivity contribution is 5.94. The predicted molar refractivity (Wildman–Crippen MR) is 69.3 cm³/mol. The van der Waals surface area contributed by atoms with Crippen molar-refractivity contribution in [2.75, 3.05) is 6.54 Å². The van der Waals surface area contributed by atoms with Gasteiger partial charge in [0.05, 0.1) is 18.8 Å². The second-order valence-electron chi connectivity index (χ2n) is 4.58. The number of hydrogen-bond donors (Lipinski definition) is 1. The van der Waals surface area contributed by atoms with Gasteiger partial charge < -0.3 is 15.2 Å². The van der Waals surface area contributed by atoms with E-state index in [4.69, 9.17) is 10.3 Å². The van der Waals surface area contributed by atoms with E-state index in [1.54, 1.807) is 0 Å². The van der Waals surface area contributed by atoms with E-state index in [-0.39, 0.29) is 5.91 Å². The van der Waals surface area contributed by atoms with Gasteiger partial charge in [-0.05, 0) is 12.1 Å². The Kier molecular flexibility index (Phi) is 3.05. The Labute approximate surface area is 111 Å². The molecule has 1 amide bonds. The van der Waals surface area contributed by atoms with Gasteiger partial charge in [0.25, 0.3) is 5.91 Å². The first-order valence-electron chi connectivity index (χ1n) is 6.30. The molecular formula is C14H15N3O2. The van der Waals surface area contributed by atoms with Gasteiger partial charge in [-0.2, -0.15) is 0 Å². The van der Waals surface area contributed by atoms with Crippen molar-refractivity contribution in [2.45, 2.75) is 19.5 Å². The monoisotopic (exact) mass is 257 g/mol. The van der Waals surface area contributed by atoms with Gasteiger partial charge in [-0.1, -0.05) is 23.4 Å². The zero-order valence-corrected chi connectivity index (χ0v) is 10.5. The van der Waals surface area contributed by atoms with Crippen LogP contribution in [0, 0.1) is 0 Å². The van der Waals surface area contributed by atoms with Gasteiger partial charge in [0.15, 0.2) is 5.76 Å². The van der Waals surface area contributed by atoms with Gasteiger partial charge in [-0.25, -0.2) is 0 Å². The lowest BCUT2D eigenvalue weighted by molar-refractivity contribution is 0.0734. The summed E-state index contributed by atoms with van der Waals surface area (Å²) < 4.78 is 5.19. The molecule has 0 radical (unpaired) electrons. The number of carbonyl (C=O) groups excluding carboxylic acids is 1. The van der Waals surface area contributed by atoms with E-state index in [0.717, 1.165) is 17.7 Å². The van der Waals surface area contributed by atoms with E-state index in [9.17, 15) is 4.79 Å². The first-order chi connectivity index (χ1) is 9.29. The van der Waals surface area contributed by atoms with Crippen LogP contribution in [0.1, 0.15) is 27.4 Å². The molecule has 19 heavy (non-hydrogen) atoms. The molecular weight excluding hydrogens is 242 g/mol. The van der Waals surface area contributed by atoms with Crippen molar-refractivity contribution in [1.82, 2.24) is 10.1 Å². The van der Waals surface area contributed by atoms with Crippen LogP contribution in [0.15, 0.2) is 34.9 Å². The SMILES string of the molecule is NCc1onc2c1CN(C(=O)c1ccccc1)CC2. The third kappa shape index (κ3) is 2.13. The van der Waals surface area contributed by atoms with Crippen LogP contribution >= 0.6 is 0 Å². The molecule has 1 aromatic carbocycles. The number of nitrogens with two attached hydrogens (primary N) is 1. The number of amides is 1. The van der Waals surface area contributed by atoms with Crippen LogP contribution in [-0.2, 0) is 19.5 Å². The quantitative estimate of drug-likeness (QED) is 0.881. The molecule has 98 valence electrons. The van der Waals surface area contributed by atoms with Gasteiger partial charge in [-0.3, -0.25) is 4.79 Å². The molecule has 2 N–H and O–H groups in total. The molecule has 0 unspecified atom stereocenters. The molecule has 5 nitrogen and oxygen atoms in total. The van der Waals surface area contributed by atoms with Crippen LogP contribution in [0.2, 0.25) is 0 Å². The molecule has 5 heteroatoms. The maximum absolute atomic E-state index is 12.4. The Morgan fingerprint density at radius 1 is 1.37 bits per heavy atom. The van der Waals surface area contributed by atoms with Crippen LogP contribution in [0.5, 0.6) is 0 Å². The molecule has 0 saturated carbocycles. The predicted octanol–water partition coefficient (Wildman–Crippen LogP) is 1.33. The highest BCUT2D eigenvalue weighted by atomic mass is 16.5. The number of carbonyl (C=O) groups is 1. The number of nitrogens with zero attached hydrogens (tertiary/aromatic N) is 2. The number of hydrogen-bond acceptors (Lipinski definition) is 4. The molecule has 3 rings (SSSR count). The Balaban J connectivity index is 1.84. The van der Waals surface area contributed by atoms with E-state index in [1.807, 2.05) is 35.2 Å². The number of rotatable bonds is 2. The largest absolute Gasteiger partial charge is 0.359 e. The summed E-state index contributed by atoms with van der Waals surface area (Å²) in [5.41, 5.74) is 8.22. The molecule has 2 aromatic rings. The molecule has 0 aliphatic carbocycles. The summed E-state index contributed by atoms with van der Waals surface area (Å²) in [6, 6.07) is 9.29. The zero-order chi connectivity index (χ0) is 13.2. The van der Waals surface area contributed by atoms with Gasteiger partial charge in [0.1, 0.15) is 0 Å². The van der Waals surface area contributed by atoms with Crippen LogP contribution in [-0.4, -0.2) is 22.5 Å². The Bertz CT molecular complexity index is 578. The summed E-state index contributed by atoms with van der Waals surface area (Å²) >= 11 is 0. The van der Waals surface area contributed by atoms with Crippen LogP contribution in [0.3, 0.4) is 0 Å². The minimum absolute atomic E-state index is 0.0374. The summed E-state index contributed by atoms with van der Waals surface area (Å²) in [5, 5.41) is 4.00. The average Bonchev–Trinajstić information content (AvgIpc) is 2.89. The highest BCUT2D eigenvalue weighted by Gasteiger charge is 2.26. The van der Waals surface area contributed by atoms with Crippen molar-refractivity contribution >= 4 is 5.91 Å². The van der Waals surface area contributed by atoms with E-state index < -0.39 is 0 Å². The molecule has 0 spiro atoms. The Morgan fingerprint density at radius 2 is 2.16 bits per heavy atom. The topological polar surface area (TPSA) is 72.4 Å². The fourth-order valence-corrected chi connectivity index (χ4v) is 2.37. The van der Waals surface area contributed by atoms with Gasteiger partial charge in [-0.15, -0.1) is 0 Å². The number of fused-ring (bicyclic) bond motifs is 1. The second kappa shape index (κ2) is 4.85. The number of aromatic nitrogens is 1. The van der Waals surface area contributed by atoms with Crippen molar-refractivity contribution in [3.05, 3.63) is 52.9 Å². The zero-order valence-electron chi connectivity index (χ0n) is 10.5. The lowest BCUT2D eigenvalue weighted by Crippen LogP contribution is -2.36. The van der Waals surface area contributed by atoms with Crippen molar-refractivity contribution in [2.24, 2.45) is 5.73 Å². The van der Waals surface area contributed by atoms with Crippen molar-refractivity contribution < 1.29 is 9.32 Å². The lowest BCUT2D eigenvalue weighted by atomic mass is 10.0. The molecule has 0 bridgehead atoms. The van der Waals surface area contributed by atoms with Gasteiger partial charge in [0, 0.05) is 24.1 Å². The molecule has 1 aromatic heterocycles. The first kappa shape index (κ1) is 11.9. The highest BCUT2D eigenvalue weighted by Crippen LogP contribution is 2.23. The minimum Gasteiger partial charge on any atom is -0.359 e. The Morgan fingerprint density at radius 3 is 2.89 bits per heavy atom. The molecule has 2 heterocycles. The summed E-state index contributed by atoms with van der Waals surface area (Å²) in [4.78, 5) is 14.2. The van der Waals surface area contributed by atoms with Crippen molar-refractivity contribution in [3.8, 4) is 0 Å². The van der Waals surface area contributed by atoms with Gasteiger partial charge in [0.2, 0.25) is 0 Å². The third-order valence-electron chi connectivity index (χ3n) is 3.41. The summed E-state index contributed by atoms with van der Waals surface area (Å²) in [5.74, 6) is 0.719. The molecule has 0 fully saturated rings. The maximum Gasteiger partial charge on any atom is 0.254 e. The smallest absolute Gasteiger partial charge is 0.254 e. The minimum atomic E-state index is 0.0374. The molecule has 0 saturated heterocycles. The first-order valence-corrected chi connectivity index (χ1v) is 6.30. The standard InChI is InChI=1S/C14H15N3O2/c15-8-13-11-9-17(7-6-12(11)16-19-13)14(18)10-4-2-1-3-5-10/h1-5H,6-9,15H2. The average molecular weight is 257 g/mol. The van der Waals surface area contributed by atoms with Gasteiger partial charge >= 0.3 is 0 Å². The van der Waals surface area contributed by atoms with E-state index in [1.165, 1.54) is 0 Å². The summed E-state index contributed by atoms with van der Waals surface area (Å²) in [6.07, 6.45) is 0.720. The van der Waals surface area contributed by atoms with Crippen LogP contribution < -0.4 is 5.73 Å². The van der Waals surface area contributed by atoms with Crippen molar-refractivity contribution in [1.29, 1.82) is 0 Å². The molecule has 1 aliphatic heterocycles.